The average Bonchev–Trinajstić information content (AvgIpc) is 2.57. The first-order valence-electron chi connectivity index (χ1n) is 7.23. The van der Waals surface area contributed by atoms with Crippen molar-refractivity contribution in [1.82, 2.24) is 15.0 Å². The van der Waals surface area contributed by atoms with Crippen LogP contribution in [0.2, 0.25) is 0 Å². The molecule has 0 fully saturated rings. The predicted molar refractivity (Wildman–Crippen MR) is 88.0 cm³/mol. The number of hydrogen-bond acceptors (Lipinski definition) is 5. The van der Waals surface area contributed by atoms with Crippen LogP contribution in [0.4, 0.5) is 21.8 Å². The second-order valence-electron chi connectivity index (χ2n) is 5.04. The summed E-state index contributed by atoms with van der Waals surface area (Å²) in [4.78, 5) is 12.6. The molecule has 0 spiro atoms. The molecule has 5 nitrogen and oxygen atoms in total. The summed E-state index contributed by atoms with van der Waals surface area (Å²) in [5.41, 5.74) is 0.987. The minimum atomic E-state index is -0.241. The van der Waals surface area contributed by atoms with E-state index in [9.17, 15) is 4.39 Å². The molecule has 0 aliphatic rings. The Kier molecular flexibility index (Phi) is 4.42. The van der Waals surface area contributed by atoms with E-state index in [-0.39, 0.29) is 11.9 Å². The van der Waals surface area contributed by atoms with Gasteiger partial charge in [-0.15, -0.1) is 0 Å². The van der Waals surface area contributed by atoms with E-state index in [1.807, 2.05) is 25.1 Å². The summed E-state index contributed by atoms with van der Waals surface area (Å²) in [5, 5.41) is 6.38. The molecule has 1 aromatic carbocycles. The summed E-state index contributed by atoms with van der Waals surface area (Å²) in [5.74, 6) is 1.77. The standard InChI is InChI=1S/C17H16FN5/c1-12(13-5-7-14(18)8-6-13)21-15-3-2-4-16(22-15)23-17-11-19-9-10-20-17/h2-12H,1H3,(H2,20,21,22,23)/t12-/m0/s1. The largest absolute Gasteiger partial charge is 0.363 e. The summed E-state index contributed by atoms with van der Waals surface area (Å²) >= 11 is 0. The maximum atomic E-state index is 13.0. The van der Waals surface area contributed by atoms with Gasteiger partial charge in [0.2, 0.25) is 0 Å². The number of halogens is 1. The molecule has 0 radical (unpaired) electrons. The van der Waals surface area contributed by atoms with Crippen LogP contribution in [-0.4, -0.2) is 15.0 Å². The molecule has 2 aromatic heterocycles. The Morgan fingerprint density at radius 1 is 0.957 bits per heavy atom. The van der Waals surface area contributed by atoms with Gasteiger partial charge in [0.25, 0.3) is 0 Å². The van der Waals surface area contributed by atoms with Gasteiger partial charge in [0.05, 0.1) is 6.20 Å². The monoisotopic (exact) mass is 309 g/mol. The Labute approximate surface area is 133 Å². The van der Waals surface area contributed by atoms with Crippen LogP contribution in [0.1, 0.15) is 18.5 Å². The fourth-order valence-electron chi connectivity index (χ4n) is 2.14. The Bertz CT molecular complexity index is 761. The lowest BCUT2D eigenvalue weighted by Crippen LogP contribution is -2.08. The quantitative estimate of drug-likeness (QED) is 0.748. The molecule has 0 aliphatic heterocycles. The molecule has 0 saturated heterocycles. The first kappa shape index (κ1) is 14.9. The molecule has 0 amide bonds. The Hall–Kier alpha value is -3.02. The molecule has 2 N–H and O–H groups in total. The zero-order valence-electron chi connectivity index (χ0n) is 12.6. The highest BCUT2D eigenvalue weighted by molar-refractivity contribution is 5.54. The van der Waals surface area contributed by atoms with Gasteiger partial charge in [-0.2, -0.15) is 0 Å². The number of pyridine rings is 1. The summed E-state index contributed by atoms with van der Waals surface area (Å²) in [7, 11) is 0. The van der Waals surface area contributed by atoms with Gasteiger partial charge in [-0.1, -0.05) is 18.2 Å². The van der Waals surface area contributed by atoms with E-state index < -0.39 is 0 Å². The van der Waals surface area contributed by atoms with E-state index in [2.05, 4.69) is 25.6 Å². The molecule has 0 aliphatic carbocycles. The summed E-state index contributed by atoms with van der Waals surface area (Å²) < 4.78 is 13.0. The number of rotatable bonds is 5. The van der Waals surface area contributed by atoms with Crippen LogP contribution in [0.25, 0.3) is 0 Å². The highest BCUT2D eigenvalue weighted by atomic mass is 19.1. The minimum absolute atomic E-state index is 0.00914. The lowest BCUT2D eigenvalue weighted by molar-refractivity contribution is 0.626. The van der Waals surface area contributed by atoms with Crippen molar-refractivity contribution in [2.45, 2.75) is 13.0 Å². The number of nitrogens with zero attached hydrogens (tertiary/aromatic N) is 3. The van der Waals surface area contributed by atoms with Crippen LogP contribution in [0.15, 0.2) is 61.1 Å². The van der Waals surface area contributed by atoms with E-state index in [0.29, 0.717) is 11.6 Å². The SMILES string of the molecule is C[C@H](Nc1cccc(Nc2cnccn2)n1)c1ccc(F)cc1. The Morgan fingerprint density at radius 2 is 1.74 bits per heavy atom. The van der Waals surface area contributed by atoms with Crippen molar-refractivity contribution in [3.05, 3.63) is 72.4 Å². The second-order valence-corrected chi connectivity index (χ2v) is 5.04. The molecule has 23 heavy (non-hydrogen) atoms. The van der Waals surface area contributed by atoms with Gasteiger partial charge in [0.1, 0.15) is 23.3 Å². The van der Waals surface area contributed by atoms with Gasteiger partial charge < -0.3 is 10.6 Å². The maximum absolute atomic E-state index is 13.0. The number of nitrogens with one attached hydrogen (secondary N) is 2. The molecule has 3 rings (SSSR count). The van der Waals surface area contributed by atoms with Crippen LogP contribution in [-0.2, 0) is 0 Å². The third-order valence-corrected chi connectivity index (χ3v) is 3.30. The zero-order chi connectivity index (χ0) is 16.1. The van der Waals surface area contributed by atoms with E-state index >= 15 is 0 Å². The fraction of sp³-hybridized carbons (Fsp3) is 0.118. The second kappa shape index (κ2) is 6.83. The van der Waals surface area contributed by atoms with Crippen LogP contribution in [0.5, 0.6) is 0 Å². The molecular weight excluding hydrogens is 293 g/mol. The van der Waals surface area contributed by atoms with E-state index in [1.165, 1.54) is 12.1 Å². The third-order valence-electron chi connectivity index (χ3n) is 3.30. The predicted octanol–water partition coefficient (Wildman–Crippen LogP) is 3.93. The number of aromatic nitrogens is 3. The third kappa shape index (κ3) is 4.00. The molecule has 0 saturated carbocycles. The van der Waals surface area contributed by atoms with Gasteiger partial charge in [0, 0.05) is 18.4 Å². The molecular formula is C17H16FN5. The first-order valence-corrected chi connectivity index (χ1v) is 7.23. The average molecular weight is 309 g/mol. The highest BCUT2D eigenvalue weighted by Gasteiger charge is 2.07. The minimum Gasteiger partial charge on any atom is -0.363 e. The fourth-order valence-corrected chi connectivity index (χ4v) is 2.14. The van der Waals surface area contributed by atoms with Crippen LogP contribution in [0.3, 0.4) is 0 Å². The van der Waals surface area contributed by atoms with E-state index in [0.717, 1.165) is 11.4 Å². The van der Waals surface area contributed by atoms with Crippen molar-refractivity contribution in [2.24, 2.45) is 0 Å². The van der Waals surface area contributed by atoms with Crippen LogP contribution in [0, 0.1) is 5.82 Å². The highest BCUT2D eigenvalue weighted by Crippen LogP contribution is 2.20. The maximum Gasteiger partial charge on any atom is 0.150 e. The smallest absolute Gasteiger partial charge is 0.150 e. The molecule has 6 heteroatoms. The first-order chi connectivity index (χ1) is 11.2. The van der Waals surface area contributed by atoms with Gasteiger partial charge >= 0.3 is 0 Å². The number of anilines is 3. The molecule has 116 valence electrons. The number of benzene rings is 1. The van der Waals surface area contributed by atoms with Gasteiger partial charge in [0.15, 0.2) is 0 Å². The Morgan fingerprint density at radius 3 is 2.48 bits per heavy atom. The van der Waals surface area contributed by atoms with Crippen LogP contribution < -0.4 is 10.6 Å². The summed E-state index contributed by atoms with van der Waals surface area (Å²) in [6.07, 6.45) is 4.85. The lowest BCUT2D eigenvalue weighted by atomic mass is 10.1. The normalized spacial score (nSPS) is 11.7. The Balaban J connectivity index is 1.71. The van der Waals surface area contributed by atoms with Crippen molar-refractivity contribution < 1.29 is 4.39 Å². The molecule has 0 unspecified atom stereocenters. The number of hydrogen-bond donors (Lipinski definition) is 2. The van der Waals surface area contributed by atoms with E-state index in [4.69, 9.17) is 0 Å². The molecule has 3 aromatic rings. The van der Waals surface area contributed by atoms with Crippen molar-refractivity contribution in [2.75, 3.05) is 10.6 Å². The van der Waals surface area contributed by atoms with E-state index in [1.54, 1.807) is 30.7 Å². The summed E-state index contributed by atoms with van der Waals surface area (Å²) in [6.45, 7) is 2.00. The van der Waals surface area contributed by atoms with Crippen molar-refractivity contribution in [3.8, 4) is 0 Å². The summed E-state index contributed by atoms with van der Waals surface area (Å²) in [6, 6.07) is 12.0. The van der Waals surface area contributed by atoms with Gasteiger partial charge in [-0.25, -0.2) is 14.4 Å². The zero-order valence-corrected chi connectivity index (χ0v) is 12.6. The molecule has 2 heterocycles. The van der Waals surface area contributed by atoms with Crippen molar-refractivity contribution in [3.63, 3.8) is 0 Å². The lowest BCUT2D eigenvalue weighted by Gasteiger charge is -2.15. The van der Waals surface area contributed by atoms with Crippen molar-refractivity contribution >= 4 is 17.5 Å². The molecule has 1 atom stereocenters. The van der Waals surface area contributed by atoms with Gasteiger partial charge in [-0.05, 0) is 36.8 Å². The topological polar surface area (TPSA) is 62.7 Å². The molecule has 0 bridgehead atoms. The van der Waals surface area contributed by atoms with Crippen molar-refractivity contribution in [1.29, 1.82) is 0 Å². The van der Waals surface area contributed by atoms with Crippen LogP contribution >= 0.6 is 0 Å². The van der Waals surface area contributed by atoms with Gasteiger partial charge in [-0.3, -0.25) is 4.98 Å².